The number of benzene rings is 2. The predicted molar refractivity (Wildman–Crippen MR) is 82.1 cm³/mol. The Hall–Kier alpha value is -2.46. The molecule has 106 valence electrons. The number of para-hydroxylation sites is 1. The number of rotatable bonds is 3. The van der Waals surface area contributed by atoms with Gasteiger partial charge in [0.1, 0.15) is 5.82 Å². The number of aliphatic hydroxyl groups is 1. The lowest BCUT2D eigenvalue weighted by Gasteiger charge is -2.22. The molecule has 3 aromatic rings. The van der Waals surface area contributed by atoms with Crippen LogP contribution in [0.2, 0.25) is 0 Å². The fourth-order valence-electron chi connectivity index (χ4n) is 2.37. The van der Waals surface area contributed by atoms with Gasteiger partial charge in [-0.15, -0.1) is 0 Å². The summed E-state index contributed by atoms with van der Waals surface area (Å²) in [6.07, 6.45) is 0. The van der Waals surface area contributed by atoms with E-state index in [-0.39, 0.29) is 12.4 Å². The summed E-state index contributed by atoms with van der Waals surface area (Å²) in [5, 5.41) is 10.4. The number of pyridine rings is 1. The highest BCUT2D eigenvalue weighted by Crippen LogP contribution is 2.31. The van der Waals surface area contributed by atoms with Crippen molar-refractivity contribution in [3.63, 3.8) is 0 Å². The van der Waals surface area contributed by atoms with E-state index in [1.807, 2.05) is 42.3 Å². The lowest BCUT2D eigenvalue weighted by molar-refractivity contribution is 0.277. The second-order valence-electron chi connectivity index (χ2n) is 4.84. The molecule has 0 amide bonds. The van der Waals surface area contributed by atoms with Gasteiger partial charge in [0.25, 0.3) is 0 Å². The number of hydrogen-bond acceptors (Lipinski definition) is 3. The summed E-state index contributed by atoms with van der Waals surface area (Å²) in [4.78, 5) is 6.37. The first-order valence-corrected chi connectivity index (χ1v) is 6.68. The molecule has 0 radical (unpaired) electrons. The van der Waals surface area contributed by atoms with Crippen LogP contribution in [-0.2, 0) is 6.61 Å². The molecule has 3 nitrogen and oxygen atoms in total. The summed E-state index contributed by atoms with van der Waals surface area (Å²) in [6.45, 7) is -0.116. The zero-order valence-electron chi connectivity index (χ0n) is 11.6. The van der Waals surface area contributed by atoms with Gasteiger partial charge in [-0.25, -0.2) is 4.39 Å². The summed E-state index contributed by atoms with van der Waals surface area (Å²) >= 11 is 0. The molecule has 0 atom stereocenters. The van der Waals surface area contributed by atoms with Gasteiger partial charge in [-0.3, -0.25) is 4.98 Å². The molecule has 1 heterocycles. The van der Waals surface area contributed by atoms with Crippen LogP contribution >= 0.6 is 0 Å². The number of halogens is 1. The first-order valence-electron chi connectivity index (χ1n) is 6.68. The average Bonchev–Trinajstić information content (AvgIpc) is 2.53. The van der Waals surface area contributed by atoms with Crippen molar-refractivity contribution < 1.29 is 9.50 Å². The molecule has 0 aliphatic rings. The Balaban J connectivity index is 2.16. The van der Waals surface area contributed by atoms with E-state index >= 15 is 0 Å². The van der Waals surface area contributed by atoms with Gasteiger partial charge in [0, 0.05) is 18.1 Å². The van der Waals surface area contributed by atoms with Crippen LogP contribution in [0.1, 0.15) is 5.69 Å². The van der Waals surface area contributed by atoms with Crippen LogP contribution in [0, 0.1) is 5.82 Å². The van der Waals surface area contributed by atoms with E-state index in [0.717, 1.165) is 22.3 Å². The van der Waals surface area contributed by atoms with E-state index in [0.29, 0.717) is 5.69 Å². The van der Waals surface area contributed by atoms with Crippen molar-refractivity contribution in [3.8, 4) is 0 Å². The first kappa shape index (κ1) is 13.5. The number of anilines is 2. The zero-order valence-corrected chi connectivity index (χ0v) is 11.6. The quantitative estimate of drug-likeness (QED) is 0.797. The third-order valence-electron chi connectivity index (χ3n) is 3.48. The van der Waals surface area contributed by atoms with Gasteiger partial charge in [-0.05, 0) is 36.4 Å². The van der Waals surface area contributed by atoms with Crippen LogP contribution in [0.25, 0.3) is 10.9 Å². The maximum atomic E-state index is 13.1. The zero-order chi connectivity index (χ0) is 14.8. The Morgan fingerprint density at radius 2 is 1.81 bits per heavy atom. The fourth-order valence-corrected chi connectivity index (χ4v) is 2.37. The van der Waals surface area contributed by atoms with Gasteiger partial charge < -0.3 is 10.0 Å². The summed E-state index contributed by atoms with van der Waals surface area (Å²) in [5.74, 6) is -0.261. The second-order valence-corrected chi connectivity index (χ2v) is 4.84. The molecule has 0 aliphatic carbocycles. The van der Waals surface area contributed by atoms with Crippen LogP contribution in [0.5, 0.6) is 0 Å². The Morgan fingerprint density at radius 3 is 2.52 bits per heavy atom. The Labute approximate surface area is 122 Å². The van der Waals surface area contributed by atoms with Gasteiger partial charge in [0.2, 0.25) is 0 Å². The van der Waals surface area contributed by atoms with E-state index in [9.17, 15) is 9.50 Å². The minimum absolute atomic E-state index is 0.116. The van der Waals surface area contributed by atoms with Crippen molar-refractivity contribution in [1.29, 1.82) is 0 Å². The van der Waals surface area contributed by atoms with E-state index in [4.69, 9.17) is 0 Å². The maximum absolute atomic E-state index is 13.1. The molecule has 0 saturated carbocycles. The van der Waals surface area contributed by atoms with Crippen molar-refractivity contribution in [2.75, 3.05) is 11.9 Å². The Kier molecular flexibility index (Phi) is 3.54. The van der Waals surface area contributed by atoms with Crippen molar-refractivity contribution in [2.24, 2.45) is 0 Å². The number of aromatic nitrogens is 1. The highest BCUT2D eigenvalue weighted by Gasteiger charge is 2.11. The largest absolute Gasteiger partial charge is 0.390 e. The van der Waals surface area contributed by atoms with E-state index in [2.05, 4.69) is 4.98 Å². The predicted octanol–water partition coefficient (Wildman–Crippen LogP) is 3.63. The molecule has 1 N–H and O–H groups in total. The highest BCUT2D eigenvalue weighted by molar-refractivity contribution is 5.93. The topological polar surface area (TPSA) is 36.4 Å². The lowest BCUT2D eigenvalue weighted by atomic mass is 10.1. The monoisotopic (exact) mass is 282 g/mol. The Morgan fingerprint density at radius 1 is 1.10 bits per heavy atom. The summed E-state index contributed by atoms with van der Waals surface area (Å²) in [5.41, 5.74) is 3.23. The van der Waals surface area contributed by atoms with Gasteiger partial charge in [0.05, 0.1) is 23.5 Å². The second kappa shape index (κ2) is 5.50. The number of fused-ring (bicyclic) bond motifs is 1. The average molecular weight is 282 g/mol. The molecule has 0 fully saturated rings. The van der Waals surface area contributed by atoms with E-state index in [1.165, 1.54) is 12.1 Å². The molecular formula is C17H15FN2O. The van der Waals surface area contributed by atoms with Crippen LogP contribution < -0.4 is 4.90 Å². The molecule has 0 saturated heterocycles. The normalized spacial score (nSPS) is 10.8. The Bertz CT molecular complexity index is 771. The van der Waals surface area contributed by atoms with Gasteiger partial charge in [0.15, 0.2) is 0 Å². The number of aliphatic hydroxyl groups excluding tert-OH is 1. The van der Waals surface area contributed by atoms with Crippen LogP contribution in [0.3, 0.4) is 0 Å². The molecule has 21 heavy (non-hydrogen) atoms. The van der Waals surface area contributed by atoms with Crippen molar-refractivity contribution in [1.82, 2.24) is 4.98 Å². The standard InChI is InChI=1S/C17H15FN2O/c1-20(14-8-6-12(18)7-9-14)17-10-13(11-21)19-16-5-3-2-4-15(16)17/h2-10,21H,11H2,1H3. The minimum atomic E-state index is -0.261. The van der Waals surface area contributed by atoms with Crippen molar-refractivity contribution >= 4 is 22.3 Å². The molecule has 1 aromatic heterocycles. The minimum Gasteiger partial charge on any atom is -0.390 e. The van der Waals surface area contributed by atoms with E-state index in [1.54, 1.807) is 12.1 Å². The molecular weight excluding hydrogens is 267 g/mol. The SMILES string of the molecule is CN(c1ccc(F)cc1)c1cc(CO)nc2ccccc12. The van der Waals surface area contributed by atoms with Gasteiger partial charge in [-0.2, -0.15) is 0 Å². The smallest absolute Gasteiger partial charge is 0.123 e. The highest BCUT2D eigenvalue weighted by atomic mass is 19.1. The third kappa shape index (κ3) is 2.58. The van der Waals surface area contributed by atoms with Crippen LogP contribution in [0.15, 0.2) is 54.6 Å². The van der Waals surface area contributed by atoms with Crippen molar-refractivity contribution in [2.45, 2.75) is 6.61 Å². The van der Waals surface area contributed by atoms with Crippen LogP contribution in [-0.4, -0.2) is 17.1 Å². The van der Waals surface area contributed by atoms with E-state index < -0.39 is 0 Å². The fraction of sp³-hybridized carbons (Fsp3) is 0.118. The molecule has 2 aromatic carbocycles. The lowest BCUT2D eigenvalue weighted by Crippen LogP contribution is -2.11. The molecule has 4 heteroatoms. The first-order chi connectivity index (χ1) is 10.2. The summed E-state index contributed by atoms with van der Waals surface area (Å²) in [6, 6.07) is 15.9. The maximum Gasteiger partial charge on any atom is 0.123 e. The number of hydrogen-bond donors (Lipinski definition) is 1. The molecule has 0 aliphatic heterocycles. The summed E-state index contributed by atoms with van der Waals surface area (Å²) < 4.78 is 13.1. The molecule has 0 unspecified atom stereocenters. The van der Waals surface area contributed by atoms with Crippen molar-refractivity contribution in [3.05, 3.63) is 66.1 Å². The molecule has 3 rings (SSSR count). The molecule has 0 bridgehead atoms. The van der Waals surface area contributed by atoms with Gasteiger partial charge >= 0.3 is 0 Å². The number of nitrogens with zero attached hydrogens (tertiary/aromatic N) is 2. The van der Waals surface area contributed by atoms with Crippen LogP contribution in [0.4, 0.5) is 15.8 Å². The van der Waals surface area contributed by atoms with Gasteiger partial charge in [-0.1, -0.05) is 18.2 Å². The third-order valence-corrected chi connectivity index (χ3v) is 3.48. The summed E-state index contributed by atoms with van der Waals surface area (Å²) in [7, 11) is 1.91. The molecule has 0 spiro atoms.